The molecule has 0 atom stereocenters. The minimum Gasteiger partial charge on any atom is -0.484 e. The molecule has 0 aromatic heterocycles. The van der Waals surface area contributed by atoms with Gasteiger partial charge in [0.05, 0.1) is 0 Å². The van der Waals surface area contributed by atoms with E-state index in [1.807, 2.05) is 13.8 Å². The third-order valence-electron chi connectivity index (χ3n) is 2.37. The summed E-state index contributed by atoms with van der Waals surface area (Å²) in [6.45, 7) is 6.21. The number of amides is 1. The van der Waals surface area contributed by atoms with Gasteiger partial charge in [-0.25, -0.2) is 0 Å². The Hall–Kier alpha value is -1.26. The van der Waals surface area contributed by atoms with Gasteiger partial charge in [0.15, 0.2) is 6.61 Å². The van der Waals surface area contributed by atoms with Gasteiger partial charge in [-0.05, 0) is 37.2 Å². The van der Waals surface area contributed by atoms with Crippen molar-refractivity contribution < 1.29 is 9.53 Å². The van der Waals surface area contributed by atoms with Gasteiger partial charge >= 0.3 is 0 Å². The molecule has 0 bridgehead atoms. The van der Waals surface area contributed by atoms with Crippen LogP contribution in [-0.4, -0.2) is 32.1 Å². The van der Waals surface area contributed by atoms with Crippen molar-refractivity contribution >= 4 is 17.5 Å². The molecule has 18 heavy (non-hydrogen) atoms. The Balaban J connectivity index is 2.29. The molecule has 0 aliphatic rings. The van der Waals surface area contributed by atoms with Crippen LogP contribution in [0.2, 0.25) is 5.02 Å². The van der Waals surface area contributed by atoms with Crippen molar-refractivity contribution in [2.75, 3.05) is 26.2 Å². The lowest BCUT2D eigenvalue weighted by Gasteiger charge is -2.09. The van der Waals surface area contributed by atoms with Crippen molar-refractivity contribution in [2.45, 2.75) is 13.8 Å². The average molecular weight is 271 g/mol. The van der Waals surface area contributed by atoms with Crippen LogP contribution in [0.3, 0.4) is 0 Å². The van der Waals surface area contributed by atoms with Crippen molar-refractivity contribution in [3.05, 3.63) is 28.8 Å². The number of rotatable bonds is 7. The third-order valence-corrected chi connectivity index (χ3v) is 2.60. The van der Waals surface area contributed by atoms with E-state index in [1.165, 1.54) is 0 Å². The van der Waals surface area contributed by atoms with Gasteiger partial charge in [0.2, 0.25) is 0 Å². The Morgan fingerprint density at radius 2 is 2.17 bits per heavy atom. The molecule has 1 aromatic rings. The highest BCUT2D eigenvalue weighted by Crippen LogP contribution is 2.21. The first-order valence-corrected chi connectivity index (χ1v) is 6.37. The van der Waals surface area contributed by atoms with Gasteiger partial charge in [-0.1, -0.05) is 18.5 Å². The molecule has 0 spiro atoms. The maximum atomic E-state index is 11.5. The van der Waals surface area contributed by atoms with Gasteiger partial charge < -0.3 is 15.4 Å². The summed E-state index contributed by atoms with van der Waals surface area (Å²) in [5.74, 6) is 0.559. The number of hydrogen-bond acceptors (Lipinski definition) is 3. The molecule has 0 aliphatic carbocycles. The SMILES string of the molecule is CCNCCNC(=O)COc1ccc(Cl)cc1C. The molecular formula is C13H19ClN2O2. The zero-order valence-electron chi connectivity index (χ0n) is 10.8. The maximum absolute atomic E-state index is 11.5. The molecular weight excluding hydrogens is 252 g/mol. The van der Waals surface area contributed by atoms with E-state index in [9.17, 15) is 4.79 Å². The monoisotopic (exact) mass is 270 g/mol. The molecule has 2 N–H and O–H groups in total. The van der Waals surface area contributed by atoms with E-state index in [4.69, 9.17) is 16.3 Å². The maximum Gasteiger partial charge on any atom is 0.257 e. The minimum atomic E-state index is -0.123. The summed E-state index contributed by atoms with van der Waals surface area (Å²) >= 11 is 5.84. The van der Waals surface area contributed by atoms with Crippen molar-refractivity contribution in [3.8, 4) is 5.75 Å². The third kappa shape index (κ3) is 5.38. The Bertz CT molecular complexity index is 397. The van der Waals surface area contributed by atoms with Crippen LogP contribution in [-0.2, 0) is 4.79 Å². The largest absolute Gasteiger partial charge is 0.484 e. The van der Waals surface area contributed by atoms with Crippen LogP contribution >= 0.6 is 11.6 Å². The van der Waals surface area contributed by atoms with Crippen LogP contribution < -0.4 is 15.4 Å². The summed E-state index contributed by atoms with van der Waals surface area (Å²) in [5, 5.41) is 6.55. The molecule has 100 valence electrons. The van der Waals surface area contributed by atoms with Crippen LogP contribution in [0.1, 0.15) is 12.5 Å². The fraction of sp³-hybridized carbons (Fsp3) is 0.462. The second-order valence-electron chi connectivity index (χ2n) is 3.90. The van der Waals surface area contributed by atoms with E-state index in [0.29, 0.717) is 17.3 Å². The molecule has 5 heteroatoms. The second kappa shape index (κ2) is 7.95. The molecule has 0 saturated heterocycles. The predicted octanol–water partition coefficient (Wildman–Crippen LogP) is 1.75. The lowest BCUT2D eigenvalue weighted by atomic mass is 10.2. The van der Waals surface area contributed by atoms with Crippen LogP contribution in [0.4, 0.5) is 0 Å². The molecule has 0 radical (unpaired) electrons. The summed E-state index contributed by atoms with van der Waals surface area (Å²) in [7, 11) is 0. The second-order valence-corrected chi connectivity index (χ2v) is 4.34. The quantitative estimate of drug-likeness (QED) is 0.743. The molecule has 0 unspecified atom stereocenters. The summed E-state index contributed by atoms with van der Waals surface area (Å²) in [6.07, 6.45) is 0. The summed E-state index contributed by atoms with van der Waals surface area (Å²) in [6, 6.07) is 5.32. The first-order valence-electron chi connectivity index (χ1n) is 6.00. The normalized spacial score (nSPS) is 10.2. The molecule has 0 fully saturated rings. The van der Waals surface area contributed by atoms with Gasteiger partial charge in [0.1, 0.15) is 5.75 Å². The van der Waals surface area contributed by atoms with E-state index < -0.39 is 0 Å². The number of likely N-dealkylation sites (N-methyl/N-ethyl adjacent to an activating group) is 1. The first-order chi connectivity index (χ1) is 8.63. The number of carbonyl (C=O) groups is 1. The number of nitrogens with one attached hydrogen (secondary N) is 2. The molecule has 1 aromatic carbocycles. The predicted molar refractivity (Wildman–Crippen MR) is 73.2 cm³/mol. The van der Waals surface area contributed by atoms with Gasteiger partial charge in [-0.15, -0.1) is 0 Å². The minimum absolute atomic E-state index is 0.0224. The fourth-order valence-electron chi connectivity index (χ4n) is 1.44. The van der Waals surface area contributed by atoms with Crippen LogP contribution in [0.25, 0.3) is 0 Å². The molecule has 0 saturated carbocycles. The van der Waals surface area contributed by atoms with E-state index in [2.05, 4.69) is 10.6 Å². The Kier molecular flexibility index (Phi) is 6.54. The molecule has 0 heterocycles. The fourth-order valence-corrected chi connectivity index (χ4v) is 1.66. The number of halogens is 1. The molecule has 1 amide bonds. The Labute approximate surface area is 113 Å². The van der Waals surface area contributed by atoms with E-state index in [-0.39, 0.29) is 12.5 Å². The zero-order valence-corrected chi connectivity index (χ0v) is 11.5. The number of ether oxygens (including phenoxy) is 1. The van der Waals surface area contributed by atoms with E-state index >= 15 is 0 Å². The van der Waals surface area contributed by atoms with Crippen molar-refractivity contribution in [1.82, 2.24) is 10.6 Å². The highest BCUT2D eigenvalue weighted by atomic mass is 35.5. The number of carbonyl (C=O) groups excluding carboxylic acids is 1. The summed E-state index contributed by atoms with van der Waals surface area (Å²) in [4.78, 5) is 11.5. The number of aryl methyl sites for hydroxylation is 1. The van der Waals surface area contributed by atoms with Gasteiger partial charge in [0, 0.05) is 18.1 Å². The number of benzene rings is 1. The standard InChI is InChI=1S/C13H19ClN2O2/c1-3-15-6-7-16-13(17)9-18-12-5-4-11(14)8-10(12)2/h4-5,8,15H,3,6-7,9H2,1-2H3,(H,16,17). The van der Waals surface area contributed by atoms with Crippen molar-refractivity contribution in [1.29, 1.82) is 0 Å². The lowest BCUT2D eigenvalue weighted by molar-refractivity contribution is -0.123. The van der Waals surface area contributed by atoms with Crippen molar-refractivity contribution in [3.63, 3.8) is 0 Å². The zero-order chi connectivity index (χ0) is 13.4. The van der Waals surface area contributed by atoms with E-state index in [1.54, 1.807) is 18.2 Å². The number of hydrogen-bond donors (Lipinski definition) is 2. The van der Waals surface area contributed by atoms with Crippen LogP contribution in [0.15, 0.2) is 18.2 Å². The topological polar surface area (TPSA) is 50.4 Å². The van der Waals surface area contributed by atoms with E-state index in [0.717, 1.165) is 18.7 Å². The van der Waals surface area contributed by atoms with Crippen LogP contribution in [0, 0.1) is 6.92 Å². The van der Waals surface area contributed by atoms with Crippen molar-refractivity contribution in [2.24, 2.45) is 0 Å². The summed E-state index contributed by atoms with van der Waals surface area (Å²) < 4.78 is 5.42. The van der Waals surface area contributed by atoms with Gasteiger partial charge in [-0.2, -0.15) is 0 Å². The highest BCUT2D eigenvalue weighted by molar-refractivity contribution is 6.30. The Morgan fingerprint density at radius 3 is 2.83 bits per heavy atom. The summed E-state index contributed by atoms with van der Waals surface area (Å²) in [5.41, 5.74) is 0.919. The highest BCUT2D eigenvalue weighted by Gasteiger charge is 2.04. The molecule has 0 aliphatic heterocycles. The average Bonchev–Trinajstić information content (AvgIpc) is 2.33. The molecule has 1 rings (SSSR count). The lowest BCUT2D eigenvalue weighted by Crippen LogP contribution is -2.34. The van der Waals surface area contributed by atoms with Crippen LogP contribution in [0.5, 0.6) is 5.75 Å². The first kappa shape index (κ1) is 14.8. The smallest absolute Gasteiger partial charge is 0.257 e. The molecule has 4 nitrogen and oxygen atoms in total. The van der Waals surface area contributed by atoms with Gasteiger partial charge in [-0.3, -0.25) is 4.79 Å². The Morgan fingerprint density at radius 1 is 1.39 bits per heavy atom. The van der Waals surface area contributed by atoms with Gasteiger partial charge in [0.25, 0.3) is 5.91 Å².